The lowest BCUT2D eigenvalue weighted by molar-refractivity contribution is -0.487. The third-order valence-corrected chi connectivity index (χ3v) is 6.38. The lowest BCUT2D eigenvalue weighted by atomic mass is 9.83. The predicted molar refractivity (Wildman–Crippen MR) is 94.5 cm³/mol. The van der Waals surface area contributed by atoms with Crippen LogP contribution in [0, 0.1) is 0 Å². The molecule has 0 radical (unpaired) electrons. The maximum atomic E-state index is 13.9. The standard InChI is InChI=1S/C17H6F29O4P/c18-4(19,1-3(47)2-50-51(48)49)5(20,21)6(22,23)7(24,25)8(26,27)9(28,29)10(30,31)11(32,33)12(34,35)13(36,37)14(38,39)15(40,41)16(42,43)17(44,45)46/h3,47H,1-2H2. The Labute approximate surface area is 258 Å². The smallest absolute Gasteiger partial charge is 0.488 e. The monoisotopic (exact) mass is 856 g/mol. The molecule has 0 fully saturated rings. The molecule has 0 aliphatic rings. The summed E-state index contributed by atoms with van der Waals surface area (Å²) in [5.41, 5.74) is 0. The zero-order chi connectivity index (χ0) is 42.3. The Morgan fingerprint density at radius 1 is 0.412 bits per heavy atom. The van der Waals surface area contributed by atoms with Gasteiger partial charge in [-0.25, -0.2) is 0 Å². The van der Waals surface area contributed by atoms with Crippen molar-refractivity contribution < 1.29 is 146 Å². The average molecular weight is 856 g/mol. The van der Waals surface area contributed by atoms with E-state index in [4.69, 9.17) is 5.11 Å². The fraction of sp³-hybridized carbons (Fsp3) is 1.00. The SMILES string of the molecule is O=[P+]([O-])OCC(O)CC(F)(F)C(F)(F)C(F)(F)C(F)(F)C(F)(F)C(F)(F)C(F)(F)C(F)(F)C(F)(F)C(F)(F)C(F)(F)C(F)(F)C(F)(F)C(F)(F)F. The van der Waals surface area contributed by atoms with E-state index in [0.717, 1.165) is 0 Å². The first kappa shape index (κ1) is 49.0. The molecule has 0 amide bonds. The molecule has 306 valence electrons. The quantitative estimate of drug-likeness (QED) is 0.118. The molecule has 2 atom stereocenters. The minimum absolute atomic E-state index is 2.24. The summed E-state index contributed by atoms with van der Waals surface area (Å²) >= 11 is 0. The maximum absolute atomic E-state index is 13.9. The molecule has 0 saturated carbocycles. The van der Waals surface area contributed by atoms with E-state index in [0.29, 0.717) is 0 Å². The Morgan fingerprint density at radius 2 is 0.608 bits per heavy atom. The second kappa shape index (κ2) is 12.8. The molecule has 0 aromatic carbocycles. The largest absolute Gasteiger partial charge is 0.566 e. The highest BCUT2D eigenvalue weighted by atomic mass is 31.1. The summed E-state index contributed by atoms with van der Waals surface area (Å²) < 4.78 is 403. The van der Waals surface area contributed by atoms with Crippen molar-refractivity contribution in [3.8, 4) is 0 Å². The Hall–Kier alpha value is -2.05. The number of halogens is 29. The van der Waals surface area contributed by atoms with Crippen LogP contribution in [0.2, 0.25) is 0 Å². The number of hydrogen-bond acceptors (Lipinski definition) is 4. The van der Waals surface area contributed by atoms with E-state index in [2.05, 4.69) is 4.52 Å². The normalized spacial score (nSPS) is 17.5. The number of hydrogen-bond donors (Lipinski definition) is 1. The second-order valence-electron chi connectivity index (χ2n) is 9.47. The van der Waals surface area contributed by atoms with E-state index >= 15 is 0 Å². The van der Waals surface area contributed by atoms with Crippen LogP contribution in [0.4, 0.5) is 127 Å². The van der Waals surface area contributed by atoms with Gasteiger partial charge in [0.2, 0.25) is 0 Å². The summed E-state index contributed by atoms with van der Waals surface area (Å²) in [6.45, 7) is -2.24. The van der Waals surface area contributed by atoms with Crippen molar-refractivity contribution in [1.82, 2.24) is 0 Å². The lowest BCUT2D eigenvalue weighted by Crippen LogP contribution is -2.79. The van der Waals surface area contributed by atoms with Crippen molar-refractivity contribution >= 4 is 8.25 Å². The molecule has 51 heavy (non-hydrogen) atoms. The van der Waals surface area contributed by atoms with Crippen LogP contribution in [0.5, 0.6) is 0 Å². The zero-order valence-corrected chi connectivity index (χ0v) is 23.0. The molecule has 0 aromatic rings. The average Bonchev–Trinajstić information content (AvgIpc) is 2.89. The molecule has 0 bridgehead atoms. The first-order valence-corrected chi connectivity index (χ1v) is 12.1. The van der Waals surface area contributed by atoms with Gasteiger partial charge in [0.25, 0.3) is 0 Å². The van der Waals surface area contributed by atoms with Crippen molar-refractivity contribution in [2.24, 2.45) is 0 Å². The Bertz CT molecular complexity index is 1270. The molecule has 34 heteroatoms. The summed E-state index contributed by atoms with van der Waals surface area (Å²) in [6, 6.07) is 0. The van der Waals surface area contributed by atoms with Crippen LogP contribution in [0.25, 0.3) is 0 Å². The highest BCUT2D eigenvalue weighted by Crippen LogP contribution is 2.69. The van der Waals surface area contributed by atoms with Gasteiger partial charge in [0, 0.05) is 6.42 Å². The van der Waals surface area contributed by atoms with E-state index in [9.17, 15) is 137 Å². The Balaban J connectivity index is 7.41. The third-order valence-electron chi connectivity index (χ3n) is 6.02. The molecule has 0 spiro atoms. The van der Waals surface area contributed by atoms with Crippen molar-refractivity contribution in [3.63, 3.8) is 0 Å². The maximum Gasteiger partial charge on any atom is 0.488 e. The number of aliphatic hydroxyl groups is 1. The van der Waals surface area contributed by atoms with Gasteiger partial charge in [-0.3, -0.25) is 0 Å². The molecule has 1 N–H and O–H groups in total. The van der Waals surface area contributed by atoms with Gasteiger partial charge >= 0.3 is 91.4 Å². The van der Waals surface area contributed by atoms with Crippen LogP contribution in [-0.2, 0) is 9.09 Å². The number of alkyl halides is 29. The van der Waals surface area contributed by atoms with Gasteiger partial charge in [0.05, 0.1) is 6.10 Å². The molecule has 0 rings (SSSR count). The van der Waals surface area contributed by atoms with Gasteiger partial charge in [-0.15, -0.1) is 4.52 Å². The summed E-state index contributed by atoms with van der Waals surface area (Å²) in [6.07, 6.45) is -15.5. The topological polar surface area (TPSA) is 69.6 Å². The molecule has 0 saturated heterocycles. The lowest BCUT2D eigenvalue weighted by Gasteiger charge is -2.46. The molecule has 0 aliphatic heterocycles. The van der Waals surface area contributed by atoms with E-state index < -0.39 is 111 Å². The number of rotatable bonds is 17. The van der Waals surface area contributed by atoms with Crippen molar-refractivity contribution in [1.29, 1.82) is 0 Å². The fourth-order valence-corrected chi connectivity index (χ4v) is 3.30. The highest BCUT2D eigenvalue weighted by Gasteiger charge is 3.00. The van der Waals surface area contributed by atoms with Crippen molar-refractivity contribution in [2.75, 3.05) is 6.61 Å². The third kappa shape index (κ3) is 6.48. The van der Waals surface area contributed by atoms with Gasteiger partial charge in [-0.2, -0.15) is 127 Å². The van der Waals surface area contributed by atoms with Crippen LogP contribution < -0.4 is 4.89 Å². The molecule has 0 aliphatic carbocycles. The van der Waals surface area contributed by atoms with Crippen LogP contribution in [0.1, 0.15) is 6.42 Å². The summed E-state index contributed by atoms with van der Waals surface area (Å²) in [7, 11) is -4.26. The van der Waals surface area contributed by atoms with Crippen LogP contribution in [0.3, 0.4) is 0 Å². The van der Waals surface area contributed by atoms with Crippen molar-refractivity contribution in [3.05, 3.63) is 0 Å². The van der Waals surface area contributed by atoms with E-state index in [1.165, 1.54) is 0 Å². The Morgan fingerprint density at radius 3 is 0.804 bits per heavy atom. The fourth-order valence-electron chi connectivity index (χ4n) is 3.01. The minimum Gasteiger partial charge on any atom is -0.566 e. The summed E-state index contributed by atoms with van der Waals surface area (Å²) in [5.74, 6) is -122. The zero-order valence-electron chi connectivity index (χ0n) is 22.1. The molecule has 0 heterocycles. The van der Waals surface area contributed by atoms with E-state index in [1.54, 1.807) is 0 Å². The predicted octanol–water partition coefficient (Wildman–Crippen LogP) is 8.59. The molecular formula is C17H6F29O4P. The summed E-state index contributed by atoms with van der Waals surface area (Å²) in [4.78, 5) is 10.0. The minimum atomic E-state index is -10.0. The first-order chi connectivity index (χ1) is 21.6. The number of aliphatic hydroxyl groups excluding tert-OH is 1. The Kier molecular flexibility index (Phi) is 12.3. The highest BCUT2D eigenvalue weighted by molar-refractivity contribution is 7.30. The van der Waals surface area contributed by atoms with Crippen molar-refractivity contribution in [2.45, 2.75) is 95.7 Å². The van der Waals surface area contributed by atoms with Gasteiger partial charge in [0.1, 0.15) is 6.61 Å². The summed E-state index contributed by atoms with van der Waals surface area (Å²) in [5, 5.41) is 8.87. The molecule has 0 aromatic heterocycles. The van der Waals surface area contributed by atoms with E-state index in [1.807, 2.05) is 0 Å². The molecule has 2 unspecified atom stereocenters. The molecular weight excluding hydrogens is 850 g/mol. The van der Waals surface area contributed by atoms with Gasteiger partial charge in [-0.05, 0) is 4.57 Å². The van der Waals surface area contributed by atoms with Crippen LogP contribution in [0.15, 0.2) is 0 Å². The first-order valence-electron chi connectivity index (χ1n) is 11.0. The van der Waals surface area contributed by atoms with Crippen LogP contribution in [-0.4, -0.2) is 101 Å². The van der Waals surface area contributed by atoms with Gasteiger partial charge in [-0.1, -0.05) is 0 Å². The second-order valence-corrected chi connectivity index (χ2v) is 10.2. The van der Waals surface area contributed by atoms with E-state index in [-0.39, 0.29) is 0 Å². The molecule has 4 nitrogen and oxygen atoms in total. The van der Waals surface area contributed by atoms with Crippen LogP contribution >= 0.6 is 8.25 Å². The van der Waals surface area contributed by atoms with Gasteiger partial charge in [0.15, 0.2) is 0 Å². The van der Waals surface area contributed by atoms with Gasteiger partial charge < -0.3 is 10.00 Å².